The molecule has 0 aliphatic carbocycles. The van der Waals surface area contributed by atoms with Crippen LogP contribution in [0.5, 0.6) is 0 Å². The predicted octanol–water partition coefficient (Wildman–Crippen LogP) is 6.31. The maximum Gasteiger partial charge on any atom is 0.203 e. The van der Waals surface area contributed by atoms with E-state index in [0.717, 1.165) is 54.2 Å². The Morgan fingerprint density at radius 1 is 0.587 bits per heavy atom. The van der Waals surface area contributed by atoms with E-state index in [0.29, 0.717) is 0 Å². The van der Waals surface area contributed by atoms with Crippen molar-refractivity contribution < 1.29 is 0 Å². The topological polar surface area (TPSA) is 51.0 Å². The Kier molecular flexibility index (Phi) is 7.01. The minimum absolute atomic E-state index is 0.916. The minimum atomic E-state index is -2.84. The smallest absolute Gasteiger partial charge is 0.203 e. The number of benzene rings is 4. The molecular formula is C41H30N4Si. The molecule has 0 saturated carbocycles. The van der Waals surface area contributed by atoms with E-state index in [4.69, 9.17) is 15.0 Å². The molecule has 0 N–H and O–H groups in total. The van der Waals surface area contributed by atoms with E-state index in [9.17, 15) is 0 Å². The van der Waals surface area contributed by atoms with E-state index in [1.807, 2.05) is 30.7 Å². The van der Waals surface area contributed by atoms with Crippen LogP contribution in [0.3, 0.4) is 0 Å². The first kappa shape index (κ1) is 27.7. The monoisotopic (exact) mass is 606 g/mol. The molecule has 8 rings (SSSR count). The van der Waals surface area contributed by atoms with Gasteiger partial charge < -0.3 is 0 Å². The van der Waals surface area contributed by atoms with Crippen LogP contribution in [0.2, 0.25) is 0 Å². The quantitative estimate of drug-likeness (QED) is 0.131. The van der Waals surface area contributed by atoms with Crippen molar-refractivity contribution in [1.29, 1.82) is 0 Å². The third-order valence-electron chi connectivity index (χ3n) is 8.92. The highest BCUT2D eigenvalue weighted by Crippen LogP contribution is 2.37. The minimum Gasteiger partial charge on any atom is -0.265 e. The Morgan fingerprint density at radius 2 is 1.20 bits per heavy atom. The van der Waals surface area contributed by atoms with Gasteiger partial charge in [-0.05, 0) is 58.1 Å². The highest BCUT2D eigenvalue weighted by Gasteiger charge is 2.48. The van der Waals surface area contributed by atoms with Gasteiger partial charge in [0.05, 0.1) is 22.2 Å². The molecule has 0 amide bonds. The summed E-state index contributed by atoms with van der Waals surface area (Å²) < 4.78 is 0. The van der Waals surface area contributed by atoms with E-state index in [2.05, 4.69) is 145 Å². The Labute approximate surface area is 268 Å². The summed E-state index contributed by atoms with van der Waals surface area (Å²) >= 11 is 0. The molecule has 0 unspecified atom stereocenters. The molecule has 1 aliphatic heterocycles. The van der Waals surface area contributed by atoms with E-state index in [1.165, 1.54) is 15.6 Å². The number of aromatic nitrogens is 3. The first-order chi connectivity index (χ1) is 22.8. The first-order valence-corrected chi connectivity index (χ1v) is 17.5. The number of aliphatic imine (C=N–C) groups is 1. The van der Waals surface area contributed by atoms with Crippen molar-refractivity contribution in [2.45, 2.75) is 6.92 Å². The SMILES string of the molecule is C/C=c1\c(=C/C=NC2=CC=C(c3ccc4ccc5cccnc5c4n3)[Si]2(c2ccccc2)c2ccccc2)ccc2cccnc12. The van der Waals surface area contributed by atoms with Crippen LogP contribution in [0.15, 0.2) is 156 Å². The van der Waals surface area contributed by atoms with Crippen molar-refractivity contribution in [2.75, 3.05) is 0 Å². The van der Waals surface area contributed by atoms with Crippen molar-refractivity contribution >= 4 is 74.7 Å². The maximum atomic E-state index is 5.35. The van der Waals surface area contributed by atoms with E-state index >= 15 is 0 Å². The molecule has 3 aromatic heterocycles. The van der Waals surface area contributed by atoms with Gasteiger partial charge >= 0.3 is 0 Å². The Balaban J connectivity index is 1.33. The lowest BCUT2D eigenvalue weighted by Crippen LogP contribution is -2.60. The van der Waals surface area contributed by atoms with Gasteiger partial charge in [0.25, 0.3) is 0 Å². The molecule has 4 aromatic carbocycles. The maximum absolute atomic E-state index is 5.35. The fourth-order valence-electron chi connectivity index (χ4n) is 6.82. The van der Waals surface area contributed by atoms with Crippen LogP contribution in [0.1, 0.15) is 12.6 Å². The number of fused-ring (bicyclic) bond motifs is 4. The zero-order valence-electron chi connectivity index (χ0n) is 25.4. The second kappa shape index (κ2) is 11.6. The Morgan fingerprint density at radius 3 is 1.89 bits per heavy atom. The Hall–Kier alpha value is -5.78. The predicted molar refractivity (Wildman–Crippen MR) is 195 cm³/mol. The number of rotatable bonds is 5. The van der Waals surface area contributed by atoms with Crippen LogP contribution < -0.4 is 20.8 Å². The van der Waals surface area contributed by atoms with Gasteiger partial charge in [0, 0.05) is 45.3 Å². The van der Waals surface area contributed by atoms with Gasteiger partial charge in [0.1, 0.15) is 0 Å². The first-order valence-electron chi connectivity index (χ1n) is 15.5. The van der Waals surface area contributed by atoms with Crippen LogP contribution in [0.4, 0.5) is 0 Å². The summed E-state index contributed by atoms with van der Waals surface area (Å²) in [7, 11) is -2.84. The summed E-state index contributed by atoms with van der Waals surface area (Å²) in [5.41, 5.74) is 3.79. The average molecular weight is 607 g/mol. The molecule has 0 fully saturated rings. The molecular weight excluding hydrogens is 577 g/mol. The molecule has 4 nitrogen and oxygen atoms in total. The molecule has 4 heterocycles. The fourth-order valence-corrected chi connectivity index (χ4v) is 11.5. The summed E-state index contributed by atoms with van der Waals surface area (Å²) in [6.07, 6.45) is 14.3. The summed E-state index contributed by atoms with van der Waals surface area (Å²) in [6, 6.07) is 42.7. The highest BCUT2D eigenvalue weighted by atomic mass is 28.3. The summed E-state index contributed by atoms with van der Waals surface area (Å²) in [5, 5.41) is 10.3. The third-order valence-corrected chi connectivity index (χ3v) is 13.6. The second-order valence-electron chi connectivity index (χ2n) is 11.4. The largest absolute Gasteiger partial charge is 0.265 e. The van der Waals surface area contributed by atoms with Gasteiger partial charge in [-0.15, -0.1) is 0 Å². The molecule has 7 aromatic rings. The normalized spacial score (nSPS) is 15.2. The van der Waals surface area contributed by atoms with Crippen molar-refractivity contribution in [3.05, 3.63) is 167 Å². The van der Waals surface area contributed by atoms with Gasteiger partial charge in [-0.1, -0.05) is 115 Å². The zero-order chi connectivity index (χ0) is 30.9. The molecule has 0 spiro atoms. The average Bonchev–Trinajstić information content (AvgIpc) is 3.51. The molecule has 1 aliphatic rings. The van der Waals surface area contributed by atoms with Crippen molar-refractivity contribution in [3.63, 3.8) is 0 Å². The van der Waals surface area contributed by atoms with Crippen LogP contribution in [-0.2, 0) is 0 Å². The third kappa shape index (κ3) is 4.52. The number of allylic oxidation sites excluding steroid dienone is 2. The van der Waals surface area contributed by atoms with E-state index in [-0.39, 0.29) is 0 Å². The van der Waals surface area contributed by atoms with E-state index in [1.54, 1.807) is 0 Å². The number of hydrogen-bond acceptors (Lipinski definition) is 4. The van der Waals surface area contributed by atoms with Gasteiger partial charge in [-0.25, -0.2) is 4.98 Å². The molecule has 0 radical (unpaired) electrons. The number of hydrogen-bond donors (Lipinski definition) is 0. The lowest BCUT2D eigenvalue weighted by Gasteiger charge is -2.33. The summed E-state index contributed by atoms with van der Waals surface area (Å²) in [6.45, 7) is 2.06. The molecule has 46 heavy (non-hydrogen) atoms. The molecule has 0 saturated heterocycles. The zero-order valence-corrected chi connectivity index (χ0v) is 26.4. The lowest BCUT2D eigenvalue weighted by atomic mass is 10.1. The van der Waals surface area contributed by atoms with Gasteiger partial charge in [0.2, 0.25) is 8.07 Å². The Bertz CT molecular complexity index is 2440. The van der Waals surface area contributed by atoms with Crippen LogP contribution in [-0.4, -0.2) is 29.2 Å². The van der Waals surface area contributed by atoms with Crippen molar-refractivity contribution in [3.8, 4) is 0 Å². The van der Waals surface area contributed by atoms with Gasteiger partial charge in [0.15, 0.2) is 0 Å². The van der Waals surface area contributed by atoms with Gasteiger partial charge in [-0.2, -0.15) is 0 Å². The standard InChI is InChI=1S/C41H30N4Si/c1-2-35-29(17-18-30-11-9-26-43-39(30)35)25-28-42-38-24-23-37(46(38,33-13-5-3-6-14-33)34-15-7-4-8-16-34)36-22-21-32-20-19-31-12-10-27-44-40(31)41(32)45-36/h2-28H,1H3/b29-25-,35-2+,42-28?. The molecule has 5 heteroatoms. The van der Waals surface area contributed by atoms with Crippen LogP contribution in [0, 0.1) is 0 Å². The second-order valence-corrected chi connectivity index (χ2v) is 15.1. The highest BCUT2D eigenvalue weighted by molar-refractivity contribution is 7.20. The van der Waals surface area contributed by atoms with Crippen LogP contribution >= 0.6 is 0 Å². The van der Waals surface area contributed by atoms with Crippen molar-refractivity contribution in [1.82, 2.24) is 15.0 Å². The van der Waals surface area contributed by atoms with E-state index < -0.39 is 8.07 Å². The van der Waals surface area contributed by atoms with Crippen molar-refractivity contribution in [2.24, 2.45) is 4.99 Å². The molecule has 218 valence electrons. The summed E-state index contributed by atoms with van der Waals surface area (Å²) in [5.74, 6) is 0. The van der Waals surface area contributed by atoms with Crippen LogP contribution in [0.25, 0.3) is 50.1 Å². The molecule has 0 atom stereocenters. The summed E-state index contributed by atoms with van der Waals surface area (Å²) in [4.78, 5) is 20.0. The molecule has 0 bridgehead atoms. The number of nitrogens with zero attached hydrogens (tertiary/aromatic N) is 4. The lowest BCUT2D eigenvalue weighted by molar-refractivity contribution is 1.34. The number of pyridine rings is 3. The van der Waals surface area contributed by atoms with Gasteiger partial charge in [-0.3, -0.25) is 15.0 Å². The fraction of sp³-hybridized carbons (Fsp3) is 0.0244.